The maximum atomic E-state index is 14.3. The van der Waals surface area contributed by atoms with Crippen molar-refractivity contribution in [2.24, 2.45) is 0 Å². The highest BCUT2D eigenvalue weighted by atomic mass is 19.1. The number of carbonyl (C=O) groups is 2. The molecular formula is C28H32FN3O4. The number of likely N-dealkylation sites (tertiary alicyclic amines) is 1. The molecule has 1 aromatic heterocycles. The predicted octanol–water partition coefficient (Wildman–Crippen LogP) is 3.72. The normalized spacial score (nSPS) is 18.1. The number of rotatable bonds is 8. The van der Waals surface area contributed by atoms with Crippen LogP contribution < -0.4 is 0 Å². The monoisotopic (exact) mass is 493 g/mol. The summed E-state index contributed by atoms with van der Waals surface area (Å²) in [6, 6.07) is 12.3. The average molecular weight is 494 g/mol. The SMILES string of the molecule is COCC1CCCN1CCN1CCc2c(c3cc(F)ccc3n2Cc2ccc(C(=O)OC)cc2)C1=O. The second kappa shape index (κ2) is 10.4. The molecule has 1 fully saturated rings. The first-order valence-electron chi connectivity index (χ1n) is 12.5. The van der Waals surface area contributed by atoms with Crippen LogP contribution in [0.15, 0.2) is 42.5 Å². The number of nitrogens with zero attached hydrogens (tertiary/aromatic N) is 3. The van der Waals surface area contributed by atoms with E-state index in [2.05, 4.69) is 9.47 Å². The van der Waals surface area contributed by atoms with Crippen LogP contribution in [-0.2, 0) is 22.4 Å². The van der Waals surface area contributed by atoms with Crippen molar-refractivity contribution in [1.82, 2.24) is 14.4 Å². The Morgan fingerprint density at radius 3 is 2.64 bits per heavy atom. The fourth-order valence-corrected chi connectivity index (χ4v) is 5.64. The van der Waals surface area contributed by atoms with Gasteiger partial charge >= 0.3 is 5.97 Å². The lowest BCUT2D eigenvalue weighted by atomic mass is 10.0. The molecule has 2 aromatic carbocycles. The van der Waals surface area contributed by atoms with Crippen LogP contribution in [0.3, 0.4) is 0 Å². The summed E-state index contributed by atoms with van der Waals surface area (Å²) in [5.74, 6) is -0.766. The zero-order valence-electron chi connectivity index (χ0n) is 20.8. The summed E-state index contributed by atoms with van der Waals surface area (Å²) in [7, 11) is 3.09. The van der Waals surface area contributed by atoms with E-state index in [-0.39, 0.29) is 17.7 Å². The van der Waals surface area contributed by atoms with E-state index in [1.807, 2.05) is 17.0 Å². The van der Waals surface area contributed by atoms with E-state index in [0.29, 0.717) is 55.2 Å². The van der Waals surface area contributed by atoms with E-state index in [9.17, 15) is 14.0 Å². The lowest BCUT2D eigenvalue weighted by Gasteiger charge is -2.31. The number of hydrogen-bond acceptors (Lipinski definition) is 5. The first-order chi connectivity index (χ1) is 17.5. The first kappa shape index (κ1) is 24.5. The summed E-state index contributed by atoms with van der Waals surface area (Å²) in [5, 5.41) is 0.657. The van der Waals surface area contributed by atoms with Gasteiger partial charge in [-0.25, -0.2) is 9.18 Å². The van der Waals surface area contributed by atoms with Gasteiger partial charge in [0, 0.05) is 62.3 Å². The molecule has 7 nitrogen and oxygen atoms in total. The smallest absolute Gasteiger partial charge is 0.337 e. The third-order valence-electron chi connectivity index (χ3n) is 7.48. The number of ether oxygens (including phenoxy) is 2. The minimum Gasteiger partial charge on any atom is -0.465 e. The zero-order valence-corrected chi connectivity index (χ0v) is 20.8. The van der Waals surface area contributed by atoms with Crippen LogP contribution in [0.4, 0.5) is 4.39 Å². The molecule has 2 aliphatic heterocycles. The Morgan fingerprint density at radius 1 is 1.08 bits per heavy atom. The molecule has 8 heteroatoms. The summed E-state index contributed by atoms with van der Waals surface area (Å²) in [6.45, 7) is 4.36. The van der Waals surface area contributed by atoms with Crippen LogP contribution in [-0.4, -0.2) is 79.3 Å². The Morgan fingerprint density at radius 2 is 1.89 bits per heavy atom. The van der Waals surface area contributed by atoms with Gasteiger partial charge < -0.3 is 18.9 Å². The molecule has 1 saturated heterocycles. The Kier molecular flexibility index (Phi) is 7.07. The molecule has 5 rings (SSSR count). The van der Waals surface area contributed by atoms with E-state index >= 15 is 0 Å². The number of carbonyl (C=O) groups excluding carboxylic acids is 2. The summed E-state index contributed by atoms with van der Waals surface area (Å²) in [4.78, 5) is 29.8. The number of fused-ring (bicyclic) bond motifs is 3. The zero-order chi connectivity index (χ0) is 25.2. The first-order valence-corrected chi connectivity index (χ1v) is 12.5. The van der Waals surface area contributed by atoms with Crippen molar-refractivity contribution in [2.75, 3.05) is 47.0 Å². The molecule has 190 valence electrons. The highest BCUT2D eigenvalue weighted by Crippen LogP contribution is 2.32. The van der Waals surface area contributed by atoms with Gasteiger partial charge in [0.15, 0.2) is 0 Å². The topological polar surface area (TPSA) is 64.0 Å². The quantitative estimate of drug-likeness (QED) is 0.448. The van der Waals surface area contributed by atoms with E-state index in [1.165, 1.54) is 19.2 Å². The van der Waals surface area contributed by atoms with Gasteiger partial charge in [0.2, 0.25) is 0 Å². The summed E-state index contributed by atoms with van der Waals surface area (Å²) in [5.41, 5.74) is 3.86. The summed E-state index contributed by atoms with van der Waals surface area (Å²) < 4.78 is 26.6. The Bertz CT molecular complexity index is 1270. The van der Waals surface area contributed by atoms with Crippen LogP contribution in [0.5, 0.6) is 0 Å². The molecule has 1 atom stereocenters. The third-order valence-corrected chi connectivity index (χ3v) is 7.48. The van der Waals surface area contributed by atoms with E-state index in [0.717, 1.165) is 42.7 Å². The van der Waals surface area contributed by atoms with Crippen LogP contribution >= 0.6 is 0 Å². The molecular weight excluding hydrogens is 461 g/mol. The molecule has 0 bridgehead atoms. The maximum absolute atomic E-state index is 14.3. The minimum absolute atomic E-state index is 0.0332. The number of aromatic nitrogens is 1. The predicted molar refractivity (Wildman–Crippen MR) is 135 cm³/mol. The Balaban J connectivity index is 1.41. The lowest BCUT2D eigenvalue weighted by Crippen LogP contribution is -2.44. The standard InChI is InChI=1S/C28H32FN3O4/c1-35-18-22-4-3-12-30(22)14-15-31-13-11-25-26(27(31)33)23-16-21(29)9-10-24(23)32(25)17-19-5-7-20(8-6-19)28(34)36-2/h5-10,16,22H,3-4,11-15,17-18H2,1-2H3. The van der Waals surface area contributed by atoms with Gasteiger partial charge in [0.1, 0.15) is 5.82 Å². The summed E-state index contributed by atoms with van der Waals surface area (Å²) in [6.07, 6.45) is 2.98. The van der Waals surface area contributed by atoms with Crippen LogP contribution in [0.1, 0.15) is 44.8 Å². The number of benzene rings is 2. The van der Waals surface area contributed by atoms with Crippen LogP contribution in [0.25, 0.3) is 10.9 Å². The molecule has 36 heavy (non-hydrogen) atoms. The van der Waals surface area contributed by atoms with Crippen molar-refractivity contribution in [3.63, 3.8) is 0 Å². The Hall–Kier alpha value is -3.23. The molecule has 2 aliphatic rings. The highest BCUT2D eigenvalue weighted by Gasteiger charge is 2.32. The molecule has 3 aromatic rings. The third kappa shape index (κ3) is 4.63. The number of methoxy groups -OCH3 is 2. The van der Waals surface area contributed by atoms with Crippen molar-refractivity contribution in [1.29, 1.82) is 0 Å². The van der Waals surface area contributed by atoms with E-state index in [1.54, 1.807) is 25.3 Å². The average Bonchev–Trinajstić information content (AvgIpc) is 3.46. The molecule has 0 saturated carbocycles. The minimum atomic E-state index is -0.381. The van der Waals surface area contributed by atoms with Crippen LogP contribution in [0, 0.1) is 5.82 Å². The van der Waals surface area contributed by atoms with Crippen molar-refractivity contribution < 1.29 is 23.5 Å². The molecule has 0 radical (unpaired) electrons. The van der Waals surface area contributed by atoms with Crippen molar-refractivity contribution in [3.8, 4) is 0 Å². The molecule has 0 aliphatic carbocycles. The number of halogens is 1. The second-order valence-electron chi connectivity index (χ2n) is 9.59. The van der Waals surface area contributed by atoms with Gasteiger partial charge in [-0.2, -0.15) is 0 Å². The number of amides is 1. The van der Waals surface area contributed by atoms with Gasteiger partial charge in [0.25, 0.3) is 5.91 Å². The van der Waals surface area contributed by atoms with Gasteiger partial charge in [-0.05, 0) is 55.3 Å². The lowest BCUT2D eigenvalue weighted by molar-refractivity contribution is 0.0600. The fraction of sp³-hybridized carbons (Fsp3) is 0.429. The molecule has 3 heterocycles. The van der Waals surface area contributed by atoms with Gasteiger partial charge in [0.05, 0.1) is 24.8 Å². The summed E-state index contributed by atoms with van der Waals surface area (Å²) >= 11 is 0. The van der Waals surface area contributed by atoms with E-state index < -0.39 is 0 Å². The molecule has 1 amide bonds. The number of hydrogen-bond donors (Lipinski definition) is 0. The Labute approximate surface area is 210 Å². The fourth-order valence-electron chi connectivity index (χ4n) is 5.64. The maximum Gasteiger partial charge on any atom is 0.337 e. The van der Waals surface area contributed by atoms with E-state index in [4.69, 9.17) is 9.47 Å². The van der Waals surface area contributed by atoms with Crippen LogP contribution in [0.2, 0.25) is 0 Å². The van der Waals surface area contributed by atoms with Gasteiger partial charge in [-0.15, -0.1) is 0 Å². The number of esters is 1. The largest absolute Gasteiger partial charge is 0.465 e. The highest BCUT2D eigenvalue weighted by molar-refractivity contribution is 6.09. The molecule has 0 spiro atoms. The van der Waals surface area contributed by atoms with Gasteiger partial charge in [-0.1, -0.05) is 12.1 Å². The van der Waals surface area contributed by atoms with Gasteiger partial charge in [-0.3, -0.25) is 9.69 Å². The van der Waals surface area contributed by atoms with Crippen molar-refractivity contribution in [3.05, 3.63) is 70.7 Å². The second-order valence-corrected chi connectivity index (χ2v) is 9.59. The molecule has 0 N–H and O–H groups in total. The van der Waals surface area contributed by atoms with Crippen molar-refractivity contribution >= 4 is 22.8 Å². The molecule has 1 unspecified atom stereocenters. The van der Waals surface area contributed by atoms with Crippen molar-refractivity contribution in [2.45, 2.75) is 31.8 Å².